The molecule has 0 aliphatic heterocycles. The third-order valence-electron chi connectivity index (χ3n) is 9.38. The van der Waals surface area contributed by atoms with Gasteiger partial charge in [-0.2, -0.15) is 8.42 Å². The molecular formula is C44H62O8S. The number of aliphatic hydroxyl groups excluding tert-OH is 2. The quantitative estimate of drug-likeness (QED) is 0.0411. The van der Waals surface area contributed by atoms with Crippen molar-refractivity contribution >= 4 is 10.1 Å². The molecular weight excluding hydrogens is 689 g/mol. The van der Waals surface area contributed by atoms with Gasteiger partial charge in [0, 0.05) is 0 Å². The Kier molecular flexibility index (Phi) is 20.9. The SMILES string of the molecule is C=C[C@H](O[C@@H](CCCCCCCCCC)[C@H](O)COS(=O)(=O)c1ccc(C)cc1)[C@H](CC[C@H](OCc1ccccc1)[C@@H](O)C=C)OCc1ccccc1. The Morgan fingerprint density at radius 1 is 0.660 bits per heavy atom. The minimum absolute atomic E-state index is 0.0277. The summed E-state index contributed by atoms with van der Waals surface area (Å²) in [6.45, 7) is 12.1. The summed E-state index contributed by atoms with van der Waals surface area (Å²) in [4.78, 5) is 0.0277. The zero-order valence-electron chi connectivity index (χ0n) is 31.8. The van der Waals surface area contributed by atoms with Crippen LogP contribution >= 0.6 is 0 Å². The molecule has 9 heteroatoms. The Hall–Kier alpha value is -3.15. The Balaban J connectivity index is 1.77. The Morgan fingerprint density at radius 2 is 1.19 bits per heavy atom. The van der Waals surface area contributed by atoms with Crippen molar-refractivity contribution in [3.63, 3.8) is 0 Å². The van der Waals surface area contributed by atoms with E-state index in [1.165, 1.54) is 43.9 Å². The maximum absolute atomic E-state index is 13.0. The lowest BCUT2D eigenvalue weighted by Crippen LogP contribution is -2.41. The van der Waals surface area contributed by atoms with Crippen molar-refractivity contribution in [3.8, 4) is 0 Å². The molecule has 0 spiro atoms. The maximum Gasteiger partial charge on any atom is 0.297 e. The number of unbranched alkanes of at least 4 members (excludes halogenated alkanes) is 7. The minimum atomic E-state index is -4.10. The lowest BCUT2D eigenvalue weighted by atomic mass is 10.00. The van der Waals surface area contributed by atoms with Crippen molar-refractivity contribution in [1.82, 2.24) is 0 Å². The van der Waals surface area contributed by atoms with Crippen LogP contribution in [0.15, 0.2) is 115 Å². The van der Waals surface area contributed by atoms with E-state index >= 15 is 0 Å². The number of aliphatic hydroxyl groups is 2. The summed E-state index contributed by atoms with van der Waals surface area (Å²) >= 11 is 0. The van der Waals surface area contributed by atoms with E-state index in [0.29, 0.717) is 32.5 Å². The molecule has 3 aromatic carbocycles. The molecule has 0 heterocycles. The molecule has 0 aliphatic carbocycles. The molecule has 6 atom stereocenters. The highest BCUT2D eigenvalue weighted by atomic mass is 32.2. The van der Waals surface area contributed by atoms with E-state index in [1.807, 2.05) is 67.6 Å². The number of rotatable bonds is 29. The number of hydrogen-bond acceptors (Lipinski definition) is 8. The molecule has 53 heavy (non-hydrogen) atoms. The molecule has 0 saturated heterocycles. The van der Waals surface area contributed by atoms with E-state index in [1.54, 1.807) is 18.2 Å². The normalized spacial score (nSPS) is 15.2. The third kappa shape index (κ3) is 16.8. The molecule has 0 amide bonds. The van der Waals surface area contributed by atoms with Gasteiger partial charge in [0.2, 0.25) is 0 Å². The van der Waals surface area contributed by atoms with Crippen LogP contribution in [0.25, 0.3) is 0 Å². The molecule has 292 valence electrons. The van der Waals surface area contributed by atoms with Gasteiger partial charge in [-0.1, -0.05) is 149 Å². The maximum atomic E-state index is 13.0. The first-order valence-electron chi connectivity index (χ1n) is 19.2. The average molecular weight is 751 g/mol. The lowest BCUT2D eigenvalue weighted by molar-refractivity contribution is -0.131. The van der Waals surface area contributed by atoms with Crippen LogP contribution in [-0.2, 0) is 41.7 Å². The van der Waals surface area contributed by atoms with Crippen molar-refractivity contribution in [3.05, 3.63) is 127 Å². The molecule has 0 bridgehead atoms. The van der Waals surface area contributed by atoms with Gasteiger partial charge >= 0.3 is 0 Å². The largest absolute Gasteiger partial charge is 0.388 e. The van der Waals surface area contributed by atoms with Crippen LogP contribution < -0.4 is 0 Å². The summed E-state index contributed by atoms with van der Waals surface area (Å²) < 4.78 is 50.7. The minimum Gasteiger partial charge on any atom is -0.388 e. The lowest BCUT2D eigenvalue weighted by Gasteiger charge is -2.32. The molecule has 0 aliphatic rings. The average Bonchev–Trinajstić information content (AvgIpc) is 3.18. The van der Waals surface area contributed by atoms with E-state index in [2.05, 4.69) is 20.1 Å². The smallest absolute Gasteiger partial charge is 0.297 e. The fraction of sp³-hybridized carbons (Fsp3) is 0.500. The second kappa shape index (κ2) is 25.0. The van der Waals surface area contributed by atoms with Crippen LogP contribution in [0, 0.1) is 6.92 Å². The van der Waals surface area contributed by atoms with Crippen molar-refractivity contribution in [2.45, 2.75) is 139 Å². The van der Waals surface area contributed by atoms with Crippen LogP contribution in [0.2, 0.25) is 0 Å². The van der Waals surface area contributed by atoms with Crippen LogP contribution in [-0.4, -0.2) is 61.9 Å². The topological polar surface area (TPSA) is 112 Å². The Labute approximate surface area is 319 Å². The highest BCUT2D eigenvalue weighted by molar-refractivity contribution is 7.86. The molecule has 2 N–H and O–H groups in total. The zero-order valence-corrected chi connectivity index (χ0v) is 32.6. The van der Waals surface area contributed by atoms with Crippen LogP contribution in [0.3, 0.4) is 0 Å². The van der Waals surface area contributed by atoms with Gasteiger partial charge < -0.3 is 24.4 Å². The summed E-state index contributed by atoms with van der Waals surface area (Å²) in [5.41, 5.74) is 2.89. The van der Waals surface area contributed by atoms with Gasteiger partial charge in [0.25, 0.3) is 10.1 Å². The van der Waals surface area contributed by atoms with E-state index < -0.39 is 53.3 Å². The molecule has 0 fully saturated rings. The van der Waals surface area contributed by atoms with E-state index in [9.17, 15) is 18.6 Å². The number of benzene rings is 3. The molecule has 0 radical (unpaired) electrons. The van der Waals surface area contributed by atoms with Gasteiger partial charge in [0.1, 0.15) is 12.2 Å². The number of aryl methyl sites for hydroxylation is 1. The summed E-state index contributed by atoms with van der Waals surface area (Å²) in [6.07, 6.45) is 8.73. The third-order valence-corrected chi connectivity index (χ3v) is 10.7. The number of hydrogen-bond donors (Lipinski definition) is 2. The van der Waals surface area contributed by atoms with E-state index in [0.717, 1.165) is 42.4 Å². The van der Waals surface area contributed by atoms with Crippen molar-refractivity contribution in [2.75, 3.05) is 6.61 Å². The molecule has 3 aromatic rings. The molecule has 3 rings (SSSR count). The molecule has 0 saturated carbocycles. The van der Waals surface area contributed by atoms with Gasteiger partial charge in [0.15, 0.2) is 0 Å². The van der Waals surface area contributed by atoms with Gasteiger partial charge in [-0.15, -0.1) is 13.2 Å². The fourth-order valence-corrected chi connectivity index (χ4v) is 7.02. The second-order valence-corrected chi connectivity index (χ2v) is 15.3. The zero-order chi connectivity index (χ0) is 38.3. The van der Waals surface area contributed by atoms with Crippen LogP contribution in [0.1, 0.15) is 94.2 Å². The van der Waals surface area contributed by atoms with Crippen molar-refractivity contribution in [2.24, 2.45) is 0 Å². The van der Waals surface area contributed by atoms with Crippen LogP contribution in [0.4, 0.5) is 0 Å². The highest BCUT2D eigenvalue weighted by Crippen LogP contribution is 2.24. The first kappa shape index (κ1) is 44.2. The predicted molar refractivity (Wildman–Crippen MR) is 212 cm³/mol. The summed E-state index contributed by atoms with van der Waals surface area (Å²) in [5, 5.41) is 22.3. The van der Waals surface area contributed by atoms with E-state index in [-0.39, 0.29) is 4.90 Å². The van der Waals surface area contributed by atoms with Gasteiger partial charge in [-0.25, -0.2) is 0 Å². The molecule has 8 nitrogen and oxygen atoms in total. The highest BCUT2D eigenvalue weighted by Gasteiger charge is 2.31. The first-order valence-corrected chi connectivity index (χ1v) is 20.6. The van der Waals surface area contributed by atoms with Crippen LogP contribution in [0.5, 0.6) is 0 Å². The van der Waals surface area contributed by atoms with E-state index in [4.69, 9.17) is 18.4 Å². The molecule has 0 aromatic heterocycles. The summed E-state index contributed by atoms with van der Waals surface area (Å²) in [5.74, 6) is 0. The van der Waals surface area contributed by atoms with Crippen molar-refractivity contribution < 1.29 is 37.0 Å². The standard InChI is InChI=1S/C44H62O8S/c1-5-8-9-10-11-12-13-20-25-43(40(46)34-51-53(47,48)38-28-26-35(4)27-29-38)52-41(7-3)44(50-33-37-23-18-15-19-24-37)31-30-42(39(45)6-2)49-32-36-21-16-14-17-22-36/h6-7,14-19,21-24,26-29,39-46H,2-3,5,8-13,20,25,30-34H2,1,4H3/t39-,40+,41-,42-,43-,44-/m0/s1. The summed E-state index contributed by atoms with van der Waals surface area (Å²) in [7, 11) is -4.10. The second-order valence-electron chi connectivity index (χ2n) is 13.7. The molecule has 0 unspecified atom stereocenters. The summed E-state index contributed by atoms with van der Waals surface area (Å²) in [6, 6.07) is 26.0. The fourth-order valence-electron chi connectivity index (χ4n) is 6.10. The van der Waals surface area contributed by atoms with Crippen molar-refractivity contribution in [1.29, 1.82) is 0 Å². The Bertz CT molecular complexity index is 1510. The predicted octanol–water partition coefficient (Wildman–Crippen LogP) is 9.03. The van der Waals surface area contributed by atoms with Gasteiger partial charge in [-0.3, -0.25) is 4.18 Å². The van der Waals surface area contributed by atoms with Gasteiger partial charge in [0.05, 0.1) is 49.1 Å². The Morgan fingerprint density at radius 3 is 1.74 bits per heavy atom. The van der Waals surface area contributed by atoms with Gasteiger partial charge in [-0.05, 0) is 49.4 Å². The first-order chi connectivity index (χ1) is 25.7. The number of ether oxygens (including phenoxy) is 3. The monoisotopic (exact) mass is 750 g/mol.